The molecule has 0 radical (unpaired) electrons. The van der Waals surface area contributed by atoms with Gasteiger partial charge in [0.2, 0.25) is 0 Å². The molecule has 98 valence electrons. The number of hydrogen-bond acceptors (Lipinski definition) is 2. The number of nitrogens with zero attached hydrogens (tertiary/aromatic N) is 1. The SMILES string of the molecule is NCCN1CCc2ccccc2C1c1ccccc1. The van der Waals surface area contributed by atoms with Crippen LogP contribution in [0.3, 0.4) is 0 Å². The zero-order valence-corrected chi connectivity index (χ0v) is 11.1. The summed E-state index contributed by atoms with van der Waals surface area (Å²) in [6.07, 6.45) is 1.12. The van der Waals surface area contributed by atoms with Crippen LogP contribution in [-0.2, 0) is 6.42 Å². The van der Waals surface area contributed by atoms with Gasteiger partial charge < -0.3 is 5.73 Å². The Hall–Kier alpha value is -1.64. The maximum Gasteiger partial charge on any atom is 0.0605 e. The van der Waals surface area contributed by atoms with Crippen LogP contribution in [0.15, 0.2) is 54.6 Å². The van der Waals surface area contributed by atoms with Gasteiger partial charge in [-0.1, -0.05) is 54.6 Å². The number of fused-ring (bicyclic) bond motifs is 1. The second kappa shape index (κ2) is 5.55. The fourth-order valence-electron chi connectivity index (χ4n) is 3.05. The quantitative estimate of drug-likeness (QED) is 0.909. The molecule has 0 aliphatic carbocycles. The third-order valence-corrected chi connectivity index (χ3v) is 3.91. The van der Waals surface area contributed by atoms with Crippen LogP contribution >= 0.6 is 0 Å². The Morgan fingerprint density at radius 1 is 1.00 bits per heavy atom. The molecule has 2 aromatic carbocycles. The molecule has 1 unspecified atom stereocenters. The molecule has 1 aliphatic heterocycles. The van der Waals surface area contributed by atoms with Gasteiger partial charge in [0.1, 0.15) is 0 Å². The van der Waals surface area contributed by atoms with E-state index < -0.39 is 0 Å². The van der Waals surface area contributed by atoms with E-state index in [1.54, 1.807) is 0 Å². The van der Waals surface area contributed by atoms with Gasteiger partial charge in [-0.25, -0.2) is 0 Å². The van der Waals surface area contributed by atoms with Gasteiger partial charge in [-0.15, -0.1) is 0 Å². The molecule has 19 heavy (non-hydrogen) atoms. The van der Waals surface area contributed by atoms with E-state index in [0.717, 1.165) is 19.5 Å². The van der Waals surface area contributed by atoms with Crippen LogP contribution in [0, 0.1) is 0 Å². The van der Waals surface area contributed by atoms with Crippen molar-refractivity contribution < 1.29 is 0 Å². The van der Waals surface area contributed by atoms with E-state index in [1.807, 2.05) is 0 Å². The van der Waals surface area contributed by atoms with Crippen molar-refractivity contribution in [1.82, 2.24) is 4.90 Å². The second-order valence-electron chi connectivity index (χ2n) is 5.09. The first kappa shape index (κ1) is 12.4. The van der Waals surface area contributed by atoms with E-state index in [1.165, 1.54) is 16.7 Å². The van der Waals surface area contributed by atoms with Crippen molar-refractivity contribution >= 4 is 0 Å². The molecule has 2 heteroatoms. The average molecular weight is 252 g/mol. The van der Waals surface area contributed by atoms with Crippen molar-refractivity contribution in [1.29, 1.82) is 0 Å². The molecule has 1 aliphatic rings. The zero-order valence-electron chi connectivity index (χ0n) is 11.1. The lowest BCUT2D eigenvalue weighted by atomic mass is 9.88. The number of benzene rings is 2. The fraction of sp³-hybridized carbons (Fsp3) is 0.294. The minimum absolute atomic E-state index is 0.356. The highest BCUT2D eigenvalue weighted by Gasteiger charge is 2.27. The van der Waals surface area contributed by atoms with Crippen LogP contribution in [0.5, 0.6) is 0 Å². The molecule has 3 rings (SSSR count). The van der Waals surface area contributed by atoms with Gasteiger partial charge in [0, 0.05) is 19.6 Å². The van der Waals surface area contributed by atoms with E-state index >= 15 is 0 Å². The third-order valence-electron chi connectivity index (χ3n) is 3.91. The largest absolute Gasteiger partial charge is 0.329 e. The topological polar surface area (TPSA) is 29.3 Å². The molecule has 0 aromatic heterocycles. The highest BCUT2D eigenvalue weighted by Crippen LogP contribution is 2.34. The van der Waals surface area contributed by atoms with Gasteiger partial charge in [0.25, 0.3) is 0 Å². The summed E-state index contributed by atoms with van der Waals surface area (Å²) < 4.78 is 0. The Bertz CT molecular complexity index is 536. The van der Waals surface area contributed by atoms with Gasteiger partial charge >= 0.3 is 0 Å². The summed E-state index contributed by atoms with van der Waals surface area (Å²) in [5.41, 5.74) is 10.1. The molecule has 0 saturated heterocycles. The molecular weight excluding hydrogens is 232 g/mol. The van der Waals surface area contributed by atoms with Gasteiger partial charge in [0.05, 0.1) is 6.04 Å². The highest BCUT2D eigenvalue weighted by molar-refractivity contribution is 5.39. The van der Waals surface area contributed by atoms with Crippen LogP contribution < -0.4 is 5.73 Å². The molecule has 0 spiro atoms. The zero-order chi connectivity index (χ0) is 13.1. The predicted molar refractivity (Wildman–Crippen MR) is 79.1 cm³/mol. The Labute approximate surface area is 114 Å². The Kier molecular flexibility index (Phi) is 3.62. The van der Waals surface area contributed by atoms with E-state index in [9.17, 15) is 0 Å². The summed E-state index contributed by atoms with van der Waals surface area (Å²) in [5, 5.41) is 0. The summed E-state index contributed by atoms with van der Waals surface area (Å²) >= 11 is 0. The van der Waals surface area contributed by atoms with Crippen LogP contribution in [0.25, 0.3) is 0 Å². The van der Waals surface area contributed by atoms with Gasteiger partial charge in [-0.05, 0) is 23.1 Å². The first-order chi connectivity index (χ1) is 9.40. The summed E-state index contributed by atoms with van der Waals surface area (Å²) in [6, 6.07) is 19.9. The maximum atomic E-state index is 5.78. The highest BCUT2D eigenvalue weighted by atomic mass is 15.2. The van der Waals surface area contributed by atoms with Crippen LogP contribution in [0.4, 0.5) is 0 Å². The van der Waals surface area contributed by atoms with Crippen LogP contribution in [0.2, 0.25) is 0 Å². The molecule has 1 atom stereocenters. The van der Waals surface area contributed by atoms with E-state index in [4.69, 9.17) is 5.73 Å². The standard InChI is InChI=1S/C17H20N2/c18-11-13-19-12-10-14-6-4-5-9-16(14)17(19)15-7-2-1-3-8-15/h1-9,17H,10-13,18H2. The number of rotatable bonds is 3. The molecule has 0 fully saturated rings. The van der Waals surface area contributed by atoms with Gasteiger partial charge in [-0.2, -0.15) is 0 Å². The smallest absolute Gasteiger partial charge is 0.0605 e. The fourth-order valence-corrected chi connectivity index (χ4v) is 3.05. The molecule has 0 amide bonds. The normalized spacial score (nSPS) is 19.1. The molecule has 0 saturated carbocycles. The van der Waals surface area contributed by atoms with E-state index in [-0.39, 0.29) is 0 Å². The van der Waals surface area contributed by atoms with Crippen LogP contribution in [-0.4, -0.2) is 24.5 Å². The maximum absolute atomic E-state index is 5.78. The Morgan fingerprint density at radius 3 is 2.53 bits per heavy atom. The lowest BCUT2D eigenvalue weighted by molar-refractivity contribution is 0.219. The monoisotopic (exact) mass is 252 g/mol. The summed E-state index contributed by atoms with van der Waals surface area (Å²) in [7, 11) is 0. The van der Waals surface area contributed by atoms with E-state index in [2.05, 4.69) is 59.5 Å². The first-order valence-corrected chi connectivity index (χ1v) is 6.97. The van der Waals surface area contributed by atoms with Gasteiger partial charge in [0.15, 0.2) is 0 Å². The lowest BCUT2D eigenvalue weighted by Gasteiger charge is -2.37. The summed E-state index contributed by atoms with van der Waals surface area (Å²) in [6.45, 7) is 2.76. The molecular formula is C17H20N2. The molecule has 1 heterocycles. The molecule has 0 bridgehead atoms. The van der Waals surface area contributed by atoms with Crippen molar-refractivity contribution in [3.05, 3.63) is 71.3 Å². The molecule has 2 N–H and O–H groups in total. The molecule has 2 nitrogen and oxygen atoms in total. The predicted octanol–water partition coefficient (Wildman–Crippen LogP) is 2.59. The lowest BCUT2D eigenvalue weighted by Crippen LogP contribution is -2.39. The van der Waals surface area contributed by atoms with Crippen molar-refractivity contribution in [3.63, 3.8) is 0 Å². The van der Waals surface area contributed by atoms with Crippen molar-refractivity contribution in [2.24, 2.45) is 5.73 Å². The second-order valence-corrected chi connectivity index (χ2v) is 5.09. The number of hydrogen-bond donors (Lipinski definition) is 1. The van der Waals surface area contributed by atoms with Crippen molar-refractivity contribution in [2.75, 3.05) is 19.6 Å². The van der Waals surface area contributed by atoms with Crippen molar-refractivity contribution in [2.45, 2.75) is 12.5 Å². The minimum atomic E-state index is 0.356. The van der Waals surface area contributed by atoms with E-state index in [0.29, 0.717) is 12.6 Å². The minimum Gasteiger partial charge on any atom is -0.329 e. The van der Waals surface area contributed by atoms with Crippen LogP contribution in [0.1, 0.15) is 22.7 Å². The number of nitrogens with two attached hydrogens (primary N) is 1. The summed E-state index contributed by atoms with van der Waals surface area (Å²) in [5.74, 6) is 0. The van der Waals surface area contributed by atoms with Crippen molar-refractivity contribution in [3.8, 4) is 0 Å². The third kappa shape index (κ3) is 2.42. The first-order valence-electron chi connectivity index (χ1n) is 6.97. The Morgan fingerprint density at radius 2 is 1.74 bits per heavy atom. The molecule has 2 aromatic rings. The summed E-state index contributed by atoms with van der Waals surface area (Å²) in [4.78, 5) is 2.50. The Balaban J connectivity index is 2.05. The average Bonchev–Trinajstić information content (AvgIpc) is 2.48. The van der Waals surface area contributed by atoms with Gasteiger partial charge in [-0.3, -0.25) is 4.90 Å².